The third-order valence-electron chi connectivity index (χ3n) is 6.06. The third kappa shape index (κ3) is 3.51. The minimum Gasteiger partial charge on any atom is -0.296 e. The van der Waals surface area contributed by atoms with Crippen LogP contribution in [0.1, 0.15) is 48.6 Å². The average molecular weight is 335 g/mol. The smallest absolute Gasteiger partial charge is 0.0243 e. The standard InChI is InChI=1S/C23H30N2/c1-17(2)25-15-22-9-8-19(13-23(22)16-25)12-18(3)24-11-10-20-6-4-5-7-21(20)14-24/h4-9,13,17-18H,10-12,14-16H2,1-3H3. The Bertz CT molecular complexity index is 750. The lowest BCUT2D eigenvalue weighted by Gasteiger charge is -2.34. The monoisotopic (exact) mass is 334 g/mol. The summed E-state index contributed by atoms with van der Waals surface area (Å²) in [6, 6.07) is 17.3. The summed E-state index contributed by atoms with van der Waals surface area (Å²) in [6.45, 7) is 11.5. The molecule has 0 bridgehead atoms. The van der Waals surface area contributed by atoms with Crippen molar-refractivity contribution in [1.82, 2.24) is 9.80 Å². The van der Waals surface area contributed by atoms with Crippen molar-refractivity contribution in [3.8, 4) is 0 Å². The van der Waals surface area contributed by atoms with Crippen LogP contribution in [0.25, 0.3) is 0 Å². The van der Waals surface area contributed by atoms with E-state index in [4.69, 9.17) is 0 Å². The maximum Gasteiger partial charge on any atom is 0.0243 e. The summed E-state index contributed by atoms with van der Waals surface area (Å²) < 4.78 is 0. The van der Waals surface area contributed by atoms with E-state index in [0.29, 0.717) is 12.1 Å². The molecule has 25 heavy (non-hydrogen) atoms. The first-order valence-corrected chi connectivity index (χ1v) is 9.75. The molecule has 0 amide bonds. The molecule has 1 atom stereocenters. The molecule has 2 aromatic carbocycles. The second-order valence-electron chi connectivity index (χ2n) is 8.14. The molecule has 2 aromatic rings. The molecule has 0 saturated carbocycles. The third-order valence-corrected chi connectivity index (χ3v) is 6.06. The molecule has 0 aliphatic carbocycles. The lowest BCUT2D eigenvalue weighted by atomic mass is 9.96. The van der Waals surface area contributed by atoms with E-state index in [-0.39, 0.29) is 0 Å². The van der Waals surface area contributed by atoms with E-state index in [1.807, 2.05) is 0 Å². The largest absolute Gasteiger partial charge is 0.296 e. The zero-order chi connectivity index (χ0) is 17.4. The summed E-state index contributed by atoms with van der Waals surface area (Å²) in [7, 11) is 0. The first kappa shape index (κ1) is 16.8. The predicted octanol–water partition coefficient (Wildman–Crippen LogP) is 4.40. The van der Waals surface area contributed by atoms with Gasteiger partial charge in [0.25, 0.3) is 0 Å². The molecule has 2 aliphatic heterocycles. The van der Waals surface area contributed by atoms with Gasteiger partial charge in [-0.15, -0.1) is 0 Å². The van der Waals surface area contributed by atoms with Gasteiger partial charge in [0, 0.05) is 38.3 Å². The Hall–Kier alpha value is -1.64. The molecule has 0 saturated heterocycles. The summed E-state index contributed by atoms with van der Waals surface area (Å²) in [5, 5.41) is 0. The second-order valence-corrected chi connectivity index (χ2v) is 8.14. The SMILES string of the molecule is CC(C)N1Cc2ccc(CC(C)N3CCc4ccccc4C3)cc2C1. The Labute approximate surface area is 152 Å². The van der Waals surface area contributed by atoms with Crippen molar-refractivity contribution >= 4 is 0 Å². The summed E-state index contributed by atoms with van der Waals surface area (Å²) in [5.41, 5.74) is 7.62. The molecule has 2 heteroatoms. The molecule has 2 nitrogen and oxygen atoms in total. The van der Waals surface area contributed by atoms with Crippen molar-refractivity contribution in [2.24, 2.45) is 0 Å². The molecule has 0 radical (unpaired) electrons. The van der Waals surface area contributed by atoms with Gasteiger partial charge < -0.3 is 0 Å². The Morgan fingerprint density at radius 1 is 0.800 bits per heavy atom. The predicted molar refractivity (Wildman–Crippen MR) is 105 cm³/mol. The molecule has 4 rings (SSSR count). The first-order valence-electron chi connectivity index (χ1n) is 9.75. The van der Waals surface area contributed by atoms with Crippen molar-refractivity contribution in [2.45, 2.75) is 65.3 Å². The van der Waals surface area contributed by atoms with Gasteiger partial charge in [0.2, 0.25) is 0 Å². The van der Waals surface area contributed by atoms with E-state index < -0.39 is 0 Å². The topological polar surface area (TPSA) is 6.48 Å². The van der Waals surface area contributed by atoms with Gasteiger partial charge in [-0.3, -0.25) is 9.80 Å². The minimum absolute atomic E-state index is 0.592. The van der Waals surface area contributed by atoms with Crippen LogP contribution in [-0.2, 0) is 32.5 Å². The van der Waals surface area contributed by atoms with Crippen LogP contribution in [0.15, 0.2) is 42.5 Å². The summed E-state index contributed by atoms with van der Waals surface area (Å²) in [6.07, 6.45) is 2.34. The Morgan fingerprint density at radius 3 is 2.28 bits per heavy atom. The van der Waals surface area contributed by atoms with Gasteiger partial charge in [0.1, 0.15) is 0 Å². The van der Waals surface area contributed by atoms with Crippen LogP contribution in [0.5, 0.6) is 0 Å². The second kappa shape index (κ2) is 6.93. The zero-order valence-electron chi connectivity index (χ0n) is 15.8. The number of rotatable bonds is 4. The van der Waals surface area contributed by atoms with E-state index in [1.54, 1.807) is 5.56 Å². The number of benzene rings is 2. The fraction of sp³-hybridized carbons (Fsp3) is 0.478. The lowest BCUT2D eigenvalue weighted by Crippen LogP contribution is -2.38. The molecule has 1 unspecified atom stereocenters. The Morgan fingerprint density at radius 2 is 1.48 bits per heavy atom. The lowest BCUT2D eigenvalue weighted by molar-refractivity contribution is 0.189. The van der Waals surface area contributed by atoms with E-state index in [0.717, 1.165) is 26.1 Å². The van der Waals surface area contributed by atoms with Gasteiger partial charge in [-0.2, -0.15) is 0 Å². The van der Waals surface area contributed by atoms with Crippen LogP contribution in [0, 0.1) is 0 Å². The fourth-order valence-corrected chi connectivity index (χ4v) is 4.33. The van der Waals surface area contributed by atoms with Gasteiger partial charge in [-0.1, -0.05) is 42.5 Å². The highest BCUT2D eigenvalue weighted by molar-refractivity contribution is 5.35. The summed E-state index contributed by atoms with van der Waals surface area (Å²) in [5.74, 6) is 0. The molecule has 2 heterocycles. The number of nitrogens with zero attached hydrogens (tertiary/aromatic N) is 2. The van der Waals surface area contributed by atoms with Crippen LogP contribution >= 0.6 is 0 Å². The van der Waals surface area contributed by atoms with Gasteiger partial charge >= 0.3 is 0 Å². The highest BCUT2D eigenvalue weighted by Crippen LogP contribution is 2.27. The molecular formula is C23H30N2. The quantitative estimate of drug-likeness (QED) is 0.818. The molecule has 2 aliphatic rings. The van der Waals surface area contributed by atoms with Crippen molar-refractivity contribution < 1.29 is 0 Å². The van der Waals surface area contributed by atoms with Crippen molar-refractivity contribution in [2.75, 3.05) is 6.54 Å². The van der Waals surface area contributed by atoms with Crippen LogP contribution in [-0.4, -0.2) is 28.4 Å². The van der Waals surface area contributed by atoms with E-state index in [2.05, 4.69) is 73.0 Å². The average Bonchev–Trinajstić information content (AvgIpc) is 3.05. The van der Waals surface area contributed by atoms with Crippen LogP contribution in [0.4, 0.5) is 0 Å². The minimum atomic E-state index is 0.592. The highest BCUT2D eigenvalue weighted by Gasteiger charge is 2.23. The van der Waals surface area contributed by atoms with E-state index in [1.165, 1.54) is 35.2 Å². The van der Waals surface area contributed by atoms with Gasteiger partial charge in [-0.25, -0.2) is 0 Å². The molecule has 0 N–H and O–H groups in total. The van der Waals surface area contributed by atoms with Crippen molar-refractivity contribution in [3.63, 3.8) is 0 Å². The van der Waals surface area contributed by atoms with Crippen LogP contribution < -0.4 is 0 Å². The number of fused-ring (bicyclic) bond motifs is 2. The highest BCUT2D eigenvalue weighted by atomic mass is 15.2. The Kier molecular flexibility index (Phi) is 4.66. The molecule has 0 spiro atoms. The van der Waals surface area contributed by atoms with E-state index >= 15 is 0 Å². The normalized spacial score (nSPS) is 19.0. The molecule has 132 valence electrons. The zero-order valence-corrected chi connectivity index (χ0v) is 15.8. The summed E-state index contributed by atoms with van der Waals surface area (Å²) in [4.78, 5) is 5.20. The van der Waals surface area contributed by atoms with Gasteiger partial charge in [-0.05, 0) is 61.4 Å². The van der Waals surface area contributed by atoms with Gasteiger partial charge in [0.15, 0.2) is 0 Å². The van der Waals surface area contributed by atoms with Crippen molar-refractivity contribution in [1.29, 1.82) is 0 Å². The molecule has 0 fully saturated rings. The number of hydrogen-bond acceptors (Lipinski definition) is 2. The number of hydrogen-bond donors (Lipinski definition) is 0. The first-order chi connectivity index (χ1) is 12.1. The Balaban J connectivity index is 1.43. The maximum atomic E-state index is 2.65. The van der Waals surface area contributed by atoms with Gasteiger partial charge in [0.05, 0.1) is 0 Å². The van der Waals surface area contributed by atoms with Crippen molar-refractivity contribution in [3.05, 3.63) is 70.3 Å². The fourth-order valence-electron chi connectivity index (χ4n) is 4.33. The molecular weight excluding hydrogens is 304 g/mol. The molecule has 0 aromatic heterocycles. The summed E-state index contributed by atoms with van der Waals surface area (Å²) >= 11 is 0. The van der Waals surface area contributed by atoms with E-state index in [9.17, 15) is 0 Å². The van der Waals surface area contributed by atoms with Crippen LogP contribution in [0.2, 0.25) is 0 Å². The maximum absolute atomic E-state index is 2.65. The van der Waals surface area contributed by atoms with Crippen LogP contribution in [0.3, 0.4) is 0 Å².